The van der Waals surface area contributed by atoms with Gasteiger partial charge in [0, 0.05) is 5.56 Å². The lowest BCUT2D eigenvalue weighted by Gasteiger charge is -2.08. The molecule has 0 N–H and O–H groups in total. The van der Waals surface area contributed by atoms with Gasteiger partial charge in [0.25, 0.3) is 0 Å². The van der Waals surface area contributed by atoms with Crippen molar-refractivity contribution in [3.63, 3.8) is 0 Å². The van der Waals surface area contributed by atoms with Crippen LogP contribution in [0.3, 0.4) is 0 Å². The highest BCUT2D eigenvalue weighted by Gasteiger charge is 2.31. The first-order chi connectivity index (χ1) is 9.84. The minimum Gasteiger partial charge on any atom is -0.294 e. The highest BCUT2D eigenvalue weighted by atomic mass is 35.6. The van der Waals surface area contributed by atoms with Gasteiger partial charge < -0.3 is 0 Å². The summed E-state index contributed by atoms with van der Waals surface area (Å²) < 4.78 is -2.03. The van der Waals surface area contributed by atoms with Crippen LogP contribution in [0.25, 0.3) is 0 Å². The molecule has 116 valence electrons. The number of hydrogen-bond acceptors (Lipinski definition) is 2. The maximum Gasteiger partial charge on any atom is 0.249 e. The fraction of sp³-hybridized carbons (Fsp3) is 0.500. The van der Waals surface area contributed by atoms with Gasteiger partial charge in [0.2, 0.25) is 3.79 Å². The third kappa shape index (κ3) is 6.82. The van der Waals surface area contributed by atoms with Gasteiger partial charge in [-0.2, -0.15) is 0 Å². The van der Waals surface area contributed by atoms with Crippen LogP contribution in [0.1, 0.15) is 54.9 Å². The summed E-state index contributed by atoms with van der Waals surface area (Å²) in [5, 5.41) is 0. The van der Waals surface area contributed by atoms with Crippen LogP contribution in [0.2, 0.25) is 0 Å². The molecular weight excluding hydrogens is 331 g/mol. The number of unbranched alkanes of at least 4 members (excludes halogenated alkanes) is 3. The Balaban J connectivity index is 2.53. The first-order valence-electron chi connectivity index (χ1n) is 7.06. The van der Waals surface area contributed by atoms with Crippen LogP contribution in [0.15, 0.2) is 24.3 Å². The first kappa shape index (κ1) is 18.5. The standard InChI is InChI=1S/C16H19Cl3O2/c1-2-3-4-5-6-12-7-9-13(10-8-12)14(20)11-15(21)16(17,18)19/h7-10H,2-6,11H2,1H3. The second-order valence-corrected chi connectivity index (χ2v) is 7.31. The maximum absolute atomic E-state index is 11.9. The fourth-order valence-electron chi connectivity index (χ4n) is 1.96. The van der Waals surface area contributed by atoms with Crippen molar-refractivity contribution in [2.24, 2.45) is 0 Å². The van der Waals surface area contributed by atoms with Crippen LogP contribution in [0.5, 0.6) is 0 Å². The van der Waals surface area contributed by atoms with E-state index in [1.54, 1.807) is 12.1 Å². The molecule has 5 heteroatoms. The molecule has 0 unspecified atom stereocenters. The third-order valence-corrected chi connectivity index (χ3v) is 3.86. The molecule has 0 fully saturated rings. The monoisotopic (exact) mass is 348 g/mol. The molecule has 0 aliphatic carbocycles. The maximum atomic E-state index is 11.9. The minimum atomic E-state index is -2.03. The van der Waals surface area contributed by atoms with Crippen LogP contribution >= 0.6 is 34.8 Å². The highest BCUT2D eigenvalue weighted by molar-refractivity contribution is 6.76. The van der Waals surface area contributed by atoms with Gasteiger partial charge >= 0.3 is 0 Å². The van der Waals surface area contributed by atoms with Crippen LogP contribution in [-0.2, 0) is 11.2 Å². The van der Waals surface area contributed by atoms with Crippen molar-refractivity contribution in [2.45, 2.75) is 49.2 Å². The van der Waals surface area contributed by atoms with Gasteiger partial charge in [-0.05, 0) is 18.4 Å². The molecule has 0 saturated carbocycles. The molecule has 0 bridgehead atoms. The Bertz CT molecular complexity index is 475. The largest absolute Gasteiger partial charge is 0.294 e. The number of hydrogen-bond donors (Lipinski definition) is 0. The van der Waals surface area contributed by atoms with Gasteiger partial charge in [0.15, 0.2) is 11.6 Å². The van der Waals surface area contributed by atoms with E-state index in [9.17, 15) is 9.59 Å². The summed E-state index contributed by atoms with van der Waals surface area (Å²) >= 11 is 16.4. The zero-order chi connectivity index (χ0) is 15.9. The molecule has 0 radical (unpaired) electrons. The molecule has 0 spiro atoms. The number of alkyl halides is 3. The summed E-state index contributed by atoms with van der Waals surface area (Å²) in [5.74, 6) is -1.04. The summed E-state index contributed by atoms with van der Waals surface area (Å²) in [7, 11) is 0. The zero-order valence-corrected chi connectivity index (χ0v) is 14.3. The molecule has 0 saturated heterocycles. The molecular formula is C16H19Cl3O2. The van der Waals surface area contributed by atoms with Gasteiger partial charge in [-0.1, -0.05) is 85.3 Å². The summed E-state index contributed by atoms with van der Waals surface area (Å²) in [6.45, 7) is 2.18. The van der Waals surface area contributed by atoms with Crippen LogP contribution in [0, 0.1) is 0 Å². The Morgan fingerprint density at radius 3 is 2.14 bits per heavy atom. The van der Waals surface area contributed by atoms with E-state index >= 15 is 0 Å². The molecule has 0 aromatic heterocycles. The third-order valence-electron chi connectivity index (χ3n) is 3.23. The van der Waals surface area contributed by atoms with E-state index in [0.717, 1.165) is 12.8 Å². The average Bonchev–Trinajstić information content (AvgIpc) is 2.43. The number of carbonyl (C=O) groups is 2. The molecule has 1 aromatic carbocycles. The predicted octanol–water partition coefficient (Wildman–Crippen LogP) is 5.32. The molecule has 0 heterocycles. The average molecular weight is 350 g/mol. The Kier molecular flexibility index (Phi) is 7.72. The number of ketones is 2. The van der Waals surface area contributed by atoms with E-state index in [4.69, 9.17) is 34.8 Å². The predicted molar refractivity (Wildman–Crippen MR) is 88.5 cm³/mol. The quantitative estimate of drug-likeness (QED) is 0.275. The Hall–Kier alpha value is -0.570. The van der Waals surface area contributed by atoms with Crippen molar-refractivity contribution < 1.29 is 9.59 Å². The van der Waals surface area contributed by atoms with Crippen molar-refractivity contribution in [3.05, 3.63) is 35.4 Å². The molecule has 1 aromatic rings. The van der Waals surface area contributed by atoms with Gasteiger partial charge in [-0.15, -0.1) is 0 Å². The number of carbonyl (C=O) groups excluding carboxylic acids is 2. The Labute approximate surface area is 140 Å². The molecule has 0 aliphatic heterocycles. The Morgan fingerprint density at radius 1 is 1.00 bits per heavy atom. The molecule has 1 rings (SSSR count). The normalized spacial score (nSPS) is 11.4. The van der Waals surface area contributed by atoms with E-state index in [2.05, 4.69) is 6.92 Å². The van der Waals surface area contributed by atoms with Gasteiger partial charge in [0.05, 0.1) is 6.42 Å². The topological polar surface area (TPSA) is 34.1 Å². The van der Waals surface area contributed by atoms with Crippen molar-refractivity contribution >= 4 is 46.4 Å². The molecule has 2 nitrogen and oxygen atoms in total. The minimum absolute atomic E-state index is 0.330. The second kappa shape index (κ2) is 8.77. The van der Waals surface area contributed by atoms with Crippen molar-refractivity contribution in [2.75, 3.05) is 0 Å². The van der Waals surface area contributed by atoms with E-state index in [0.29, 0.717) is 5.56 Å². The van der Waals surface area contributed by atoms with Crippen LogP contribution in [-0.4, -0.2) is 15.4 Å². The summed E-state index contributed by atoms with van der Waals surface area (Å²) in [6.07, 6.45) is 5.43. The number of Topliss-reactive ketones (excluding diaryl/α,β-unsaturated/α-hetero) is 2. The van der Waals surface area contributed by atoms with Crippen molar-refractivity contribution in [3.8, 4) is 0 Å². The van der Waals surface area contributed by atoms with Crippen LogP contribution < -0.4 is 0 Å². The number of rotatable bonds is 8. The fourth-order valence-corrected chi connectivity index (χ4v) is 2.16. The first-order valence-corrected chi connectivity index (χ1v) is 8.20. The van der Waals surface area contributed by atoms with E-state index in [1.165, 1.54) is 24.8 Å². The number of aryl methyl sites for hydroxylation is 1. The molecule has 0 amide bonds. The van der Waals surface area contributed by atoms with Gasteiger partial charge in [-0.25, -0.2) is 0 Å². The molecule has 0 atom stereocenters. The SMILES string of the molecule is CCCCCCc1ccc(C(=O)CC(=O)C(Cl)(Cl)Cl)cc1. The summed E-state index contributed by atoms with van der Waals surface area (Å²) in [4.78, 5) is 23.4. The van der Waals surface area contributed by atoms with E-state index < -0.39 is 16.0 Å². The second-order valence-electron chi connectivity index (χ2n) is 5.03. The lowest BCUT2D eigenvalue weighted by atomic mass is 10.0. The summed E-state index contributed by atoms with van der Waals surface area (Å²) in [5.41, 5.74) is 1.66. The van der Waals surface area contributed by atoms with E-state index in [-0.39, 0.29) is 5.78 Å². The van der Waals surface area contributed by atoms with Gasteiger partial charge in [0.1, 0.15) is 0 Å². The number of halogens is 3. The number of benzene rings is 1. The lowest BCUT2D eigenvalue weighted by Crippen LogP contribution is -2.22. The zero-order valence-electron chi connectivity index (χ0n) is 12.0. The highest BCUT2D eigenvalue weighted by Crippen LogP contribution is 2.28. The van der Waals surface area contributed by atoms with Crippen LogP contribution in [0.4, 0.5) is 0 Å². The van der Waals surface area contributed by atoms with Gasteiger partial charge in [-0.3, -0.25) is 9.59 Å². The van der Waals surface area contributed by atoms with Crippen molar-refractivity contribution in [1.82, 2.24) is 0 Å². The lowest BCUT2D eigenvalue weighted by molar-refractivity contribution is -0.117. The Morgan fingerprint density at radius 2 is 1.62 bits per heavy atom. The van der Waals surface area contributed by atoms with E-state index in [1.807, 2.05) is 12.1 Å². The smallest absolute Gasteiger partial charge is 0.249 e. The molecule has 0 aliphatic rings. The summed E-state index contributed by atoms with van der Waals surface area (Å²) in [6, 6.07) is 7.28. The van der Waals surface area contributed by atoms with Crippen molar-refractivity contribution in [1.29, 1.82) is 0 Å². The molecule has 21 heavy (non-hydrogen) atoms.